The molecule has 1 aliphatic heterocycles. The zero-order valence-corrected chi connectivity index (χ0v) is 23.5. The smallest absolute Gasteiger partial charge is 0.253 e. The highest BCUT2D eigenvalue weighted by atomic mass is 16.5. The second-order valence-electron chi connectivity index (χ2n) is 11.2. The van der Waals surface area contributed by atoms with Crippen LogP contribution < -0.4 is 25.2 Å². The molecule has 0 atom stereocenters. The van der Waals surface area contributed by atoms with Crippen LogP contribution in [-0.4, -0.2) is 51.6 Å². The summed E-state index contributed by atoms with van der Waals surface area (Å²) < 4.78 is 5.56. The number of hydrogen-bond acceptors (Lipinski definition) is 5. The van der Waals surface area contributed by atoms with Crippen molar-refractivity contribution in [1.29, 1.82) is 0 Å². The first-order chi connectivity index (χ1) is 18.7. The van der Waals surface area contributed by atoms with Gasteiger partial charge in [-0.1, -0.05) is 63.2 Å². The van der Waals surface area contributed by atoms with Gasteiger partial charge in [-0.25, -0.2) is 0 Å². The van der Waals surface area contributed by atoms with E-state index in [0.29, 0.717) is 24.2 Å². The van der Waals surface area contributed by atoms with E-state index >= 15 is 0 Å². The summed E-state index contributed by atoms with van der Waals surface area (Å²) in [5.74, 6) is 0.663. The molecular weight excluding hydrogens is 488 g/mol. The molecule has 0 aliphatic carbocycles. The largest absolute Gasteiger partial charge is 0.495 e. The molecule has 2 N–H and O–H groups in total. The monoisotopic (exact) mass is 528 g/mol. The number of amides is 2. The molecule has 7 nitrogen and oxygen atoms in total. The topological polar surface area (TPSA) is 73.9 Å². The van der Waals surface area contributed by atoms with E-state index < -0.39 is 0 Å². The van der Waals surface area contributed by atoms with Gasteiger partial charge in [-0.15, -0.1) is 0 Å². The number of ether oxygens (including phenoxy) is 1. The van der Waals surface area contributed by atoms with Crippen molar-refractivity contribution in [2.75, 3.05) is 55.0 Å². The van der Waals surface area contributed by atoms with Crippen LogP contribution in [0.1, 0.15) is 43.1 Å². The molecule has 1 fully saturated rings. The Labute approximate surface area is 232 Å². The quantitative estimate of drug-likeness (QED) is 0.391. The molecule has 0 saturated carbocycles. The van der Waals surface area contributed by atoms with Crippen molar-refractivity contribution in [2.45, 2.75) is 33.6 Å². The Hall–Kier alpha value is -4.00. The third kappa shape index (κ3) is 7.76. The van der Waals surface area contributed by atoms with Gasteiger partial charge in [-0.2, -0.15) is 0 Å². The van der Waals surface area contributed by atoms with Gasteiger partial charge >= 0.3 is 0 Å². The highest BCUT2D eigenvalue weighted by molar-refractivity contribution is 6.02. The normalized spacial score (nSPS) is 13.6. The lowest BCUT2D eigenvalue weighted by Crippen LogP contribution is -2.47. The molecular formula is C32H40N4O3. The van der Waals surface area contributed by atoms with Gasteiger partial charge < -0.3 is 25.2 Å². The molecule has 1 heterocycles. The lowest BCUT2D eigenvalue weighted by molar-refractivity contribution is -0.117. The first kappa shape index (κ1) is 28.0. The Bertz CT molecular complexity index is 1260. The predicted molar refractivity (Wildman–Crippen MR) is 159 cm³/mol. The van der Waals surface area contributed by atoms with Gasteiger partial charge in [0.15, 0.2) is 0 Å². The number of carbonyl (C=O) groups is 2. The van der Waals surface area contributed by atoms with Crippen molar-refractivity contribution >= 4 is 28.9 Å². The second kappa shape index (κ2) is 12.7. The van der Waals surface area contributed by atoms with E-state index in [-0.39, 0.29) is 17.2 Å². The third-order valence-corrected chi connectivity index (χ3v) is 6.80. The van der Waals surface area contributed by atoms with E-state index in [1.54, 1.807) is 13.2 Å². The Morgan fingerprint density at radius 2 is 1.49 bits per heavy atom. The fourth-order valence-corrected chi connectivity index (χ4v) is 4.90. The van der Waals surface area contributed by atoms with Gasteiger partial charge in [0.25, 0.3) is 5.91 Å². The van der Waals surface area contributed by atoms with Gasteiger partial charge in [-0.3, -0.25) is 9.59 Å². The first-order valence-electron chi connectivity index (χ1n) is 13.6. The highest BCUT2D eigenvalue weighted by Crippen LogP contribution is 2.31. The molecule has 0 radical (unpaired) electrons. The average molecular weight is 529 g/mol. The molecule has 4 rings (SSSR count). The molecule has 0 aromatic heterocycles. The summed E-state index contributed by atoms with van der Waals surface area (Å²) in [4.78, 5) is 30.6. The number of methoxy groups -OCH3 is 1. The lowest BCUT2D eigenvalue weighted by Gasteiger charge is -2.38. The number of piperazine rings is 1. The number of nitrogens with zero attached hydrogens (tertiary/aromatic N) is 2. The number of para-hydroxylation sites is 2. The lowest BCUT2D eigenvalue weighted by atomic mass is 9.92. The van der Waals surface area contributed by atoms with Crippen molar-refractivity contribution in [3.63, 3.8) is 0 Å². The Morgan fingerprint density at radius 3 is 2.15 bits per heavy atom. The van der Waals surface area contributed by atoms with E-state index in [9.17, 15) is 9.59 Å². The Kier molecular flexibility index (Phi) is 9.12. The van der Waals surface area contributed by atoms with Gasteiger partial charge in [0, 0.05) is 50.5 Å². The van der Waals surface area contributed by atoms with Crippen LogP contribution in [-0.2, 0) is 11.2 Å². The van der Waals surface area contributed by atoms with Gasteiger partial charge in [0.05, 0.1) is 18.4 Å². The molecule has 3 aromatic rings. The summed E-state index contributed by atoms with van der Waals surface area (Å²) in [5.41, 5.74) is 4.21. The average Bonchev–Trinajstić information content (AvgIpc) is 2.92. The SMILES string of the molecule is COc1ccccc1N1CCN(c2ccc(NC(=O)CC(C)(C)C)cc2C(=O)NCCc2ccccc2)CC1. The number of hydrogen-bond donors (Lipinski definition) is 2. The van der Waals surface area contributed by atoms with Crippen molar-refractivity contribution < 1.29 is 14.3 Å². The fraction of sp³-hybridized carbons (Fsp3) is 0.375. The van der Waals surface area contributed by atoms with E-state index in [2.05, 4.69) is 38.6 Å². The minimum atomic E-state index is -0.139. The Balaban J connectivity index is 1.50. The van der Waals surface area contributed by atoms with Crippen molar-refractivity contribution in [3.05, 3.63) is 83.9 Å². The second-order valence-corrected chi connectivity index (χ2v) is 11.2. The number of benzene rings is 3. The summed E-state index contributed by atoms with van der Waals surface area (Å²) >= 11 is 0. The molecule has 1 saturated heterocycles. The van der Waals surface area contributed by atoms with Gasteiger partial charge in [0.1, 0.15) is 5.75 Å². The summed E-state index contributed by atoms with van der Waals surface area (Å²) in [6.07, 6.45) is 1.15. The zero-order chi connectivity index (χ0) is 27.8. The van der Waals surface area contributed by atoms with Crippen molar-refractivity contribution in [3.8, 4) is 5.75 Å². The minimum absolute atomic E-state index is 0.0592. The van der Waals surface area contributed by atoms with Gasteiger partial charge in [-0.05, 0) is 47.7 Å². The van der Waals surface area contributed by atoms with Crippen LogP contribution in [0.25, 0.3) is 0 Å². The van der Waals surface area contributed by atoms with Crippen LogP contribution in [0.3, 0.4) is 0 Å². The number of anilines is 3. The predicted octanol–water partition coefficient (Wildman–Crippen LogP) is 5.37. The maximum absolute atomic E-state index is 13.5. The summed E-state index contributed by atoms with van der Waals surface area (Å²) in [5, 5.41) is 6.08. The minimum Gasteiger partial charge on any atom is -0.495 e. The van der Waals surface area contributed by atoms with Gasteiger partial charge in [0.2, 0.25) is 5.91 Å². The molecule has 7 heteroatoms. The van der Waals surface area contributed by atoms with Crippen LogP contribution in [0.4, 0.5) is 17.1 Å². The standard InChI is InChI=1S/C32H40N4O3/c1-32(2,3)23-30(37)34-25-14-15-27(26(22-25)31(38)33-17-16-24-10-6-5-7-11-24)35-18-20-36(21-19-35)28-12-8-9-13-29(28)39-4/h5-15,22H,16-21,23H2,1-4H3,(H,33,38)(H,34,37). The number of nitrogens with one attached hydrogen (secondary N) is 2. The van der Waals surface area contributed by atoms with E-state index in [1.807, 2.05) is 69.3 Å². The van der Waals surface area contributed by atoms with E-state index in [4.69, 9.17) is 4.74 Å². The summed E-state index contributed by atoms with van der Waals surface area (Å²) in [7, 11) is 1.69. The maximum Gasteiger partial charge on any atom is 0.253 e. The molecule has 0 unspecified atom stereocenters. The zero-order valence-electron chi connectivity index (χ0n) is 23.5. The Morgan fingerprint density at radius 1 is 0.846 bits per heavy atom. The number of carbonyl (C=O) groups excluding carboxylic acids is 2. The van der Waals surface area contributed by atoms with Crippen LogP contribution >= 0.6 is 0 Å². The molecule has 0 spiro atoms. The van der Waals surface area contributed by atoms with E-state index in [1.165, 1.54) is 5.56 Å². The highest BCUT2D eigenvalue weighted by Gasteiger charge is 2.24. The summed E-state index contributed by atoms with van der Waals surface area (Å²) in [6, 6.07) is 23.8. The van der Waals surface area contributed by atoms with Crippen LogP contribution in [0.5, 0.6) is 5.75 Å². The fourth-order valence-electron chi connectivity index (χ4n) is 4.90. The third-order valence-electron chi connectivity index (χ3n) is 6.80. The molecule has 3 aromatic carbocycles. The first-order valence-corrected chi connectivity index (χ1v) is 13.6. The van der Waals surface area contributed by atoms with Crippen molar-refractivity contribution in [1.82, 2.24) is 5.32 Å². The molecule has 0 bridgehead atoms. The number of rotatable bonds is 9. The van der Waals surface area contributed by atoms with Crippen LogP contribution in [0.2, 0.25) is 0 Å². The van der Waals surface area contributed by atoms with Crippen molar-refractivity contribution in [2.24, 2.45) is 5.41 Å². The van der Waals surface area contributed by atoms with Crippen LogP contribution in [0, 0.1) is 5.41 Å². The molecule has 39 heavy (non-hydrogen) atoms. The maximum atomic E-state index is 13.5. The molecule has 2 amide bonds. The molecule has 1 aliphatic rings. The summed E-state index contributed by atoms with van der Waals surface area (Å²) in [6.45, 7) is 9.77. The molecule has 206 valence electrons. The van der Waals surface area contributed by atoms with Crippen LogP contribution in [0.15, 0.2) is 72.8 Å². The van der Waals surface area contributed by atoms with E-state index in [0.717, 1.165) is 49.7 Å².